The summed E-state index contributed by atoms with van der Waals surface area (Å²) in [5, 5.41) is 0.0668. The average Bonchev–Trinajstić information content (AvgIpc) is 3.32. The van der Waals surface area contributed by atoms with E-state index in [2.05, 4.69) is 11.1 Å². The zero-order valence-electron chi connectivity index (χ0n) is 16.0. The van der Waals surface area contributed by atoms with Crippen molar-refractivity contribution in [1.82, 2.24) is 14.5 Å². The normalized spacial score (nSPS) is 23.6. The van der Waals surface area contributed by atoms with Crippen LogP contribution in [0, 0.1) is 5.92 Å². The third-order valence-electron chi connectivity index (χ3n) is 5.83. The summed E-state index contributed by atoms with van der Waals surface area (Å²) in [4.78, 5) is 17.8. The number of rotatable bonds is 7. The van der Waals surface area contributed by atoms with Gasteiger partial charge in [0, 0.05) is 32.3 Å². The van der Waals surface area contributed by atoms with Gasteiger partial charge < -0.3 is 15.2 Å². The van der Waals surface area contributed by atoms with Crippen LogP contribution in [0.5, 0.6) is 0 Å². The molecule has 1 amide bonds. The molecule has 0 unspecified atom stereocenters. The maximum absolute atomic E-state index is 12.3. The van der Waals surface area contributed by atoms with Gasteiger partial charge in [0.15, 0.2) is 14.9 Å². The number of carbonyl (C=O) groups excluding carboxylic acids is 1. The molecule has 2 heterocycles. The van der Waals surface area contributed by atoms with Gasteiger partial charge >= 0.3 is 0 Å². The summed E-state index contributed by atoms with van der Waals surface area (Å²) < 4.78 is 26.4. The summed E-state index contributed by atoms with van der Waals surface area (Å²) in [5.41, 5.74) is 6.00. The molecule has 1 fully saturated rings. The first-order valence-corrected chi connectivity index (χ1v) is 11.1. The summed E-state index contributed by atoms with van der Waals surface area (Å²) in [6, 6.07) is 0. The van der Waals surface area contributed by atoms with Crippen LogP contribution in [0.4, 0.5) is 0 Å². The van der Waals surface area contributed by atoms with E-state index in [1.165, 1.54) is 18.4 Å². The number of hydrogen-bond acceptors (Lipinski definition) is 5. The fourth-order valence-electron chi connectivity index (χ4n) is 4.33. The van der Waals surface area contributed by atoms with E-state index < -0.39 is 15.5 Å². The number of hydrogen-bond donors (Lipinski definition) is 1. The Hall–Kier alpha value is -2.09. The second-order valence-corrected chi connectivity index (χ2v) is 9.59. The number of aromatic nitrogens is 2. The van der Waals surface area contributed by atoms with Crippen molar-refractivity contribution in [2.24, 2.45) is 11.7 Å². The predicted octanol–water partition coefficient (Wildman–Crippen LogP) is 2.17. The van der Waals surface area contributed by atoms with Gasteiger partial charge in [-0.25, -0.2) is 13.4 Å². The Labute approximate surface area is 160 Å². The van der Waals surface area contributed by atoms with Gasteiger partial charge in [-0.05, 0) is 30.4 Å². The molecule has 0 radical (unpaired) electrons. The number of nitrogens with two attached hydrogens (primary N) is 1. The van der Waals surface area contributed by atoms with Crippen molar-refractivity contribution in [2.75, 3.05) is 12.8 Å². The number of imidazole rings is 1. The largest absolute Gasteiger partial charge is 0.370 e. The zero-order chi connectivity index (χ0) is 19.7. The molecule has 2 N–H and O–H groups in total. The molecule has 2 aliphatic rings. The van der Waals surface area contributed by atoms with Crippen molar-refractivity contribution < 1.29 is 13.2 Å². The lowest BCUT2D eigenvalue weighted by Gasteiger charge is -2.47. The van der Waals surface area contributed by atoms with Crippen molar-refractivity contribution in [3.63, 3.8) is 0 Å². The number of carbonyl (C=O) groups is 1. The SMILES string of the molecule is CCS(=O)(=O)c1cn([C@@]2(CCC(N)=O)C(C3CCCC3)=CC=CN2C)cn1. The van der Waals surface area contributed by atoms with Crippen molar-refractivity contribution in [2.45, 2.75) is 56.1 Å². The third kappa shape index (κ3) is 3.54. The van der Waals surface area contributed by atoms with Gasteiger partial charge in [0.2, 0.25) is 5.91 Å². The van der Waals surface area contributed by atoms with Crippen molar-refractivity contribution in [3.05, 3.63) is 36.4 Å². The number of sulfone groups is 1. The third-order valence-corrected chi connectivity index (χ3v) is 7.44. The Morgan fingerprint density at radius 3 is 2.70 bits per heavy atom. The Morgan fingerprint density at radius 2 is 2.07 bits per heavy atom. The van der Waals surface area contributed by atoms with Crippen molar-refractivity contribution in [1.29, 1.82) is 0 Å². The van der Waals surface area contributed by atoms with E-state index in [1.54, 1.807) is 19.4 Å². The van der Waals surface area contributed by atoms with Crippen LogP contribution in [-0.2, 0) is 20.3 Å². The first kappa shape index (κ1) is 19.7. The Kier molecular flexibility index (Phi) is 5.46. The topological polar surface area (TPSA) is 98.3 Å². The molecule has 3 rings (SSSR count). The molecule has 0 spiro atoms. The highest BCUT2D eigenvalue weighted by atomic mass is 32.2. The van der Waals surface area contributed by atoms with Gasteiger partial charge in [-0.1, -0.05) is 25.8 Å². The lowest BCUT2D eigenvalue weighted by molar-refractivity contribution is -0.118. The summed E-state index contributed by atoms with van der Waals surface area (Å²) in [6.07, 6.45) is 14.5. The minimum absolute atomic E-state index is 0.000632. The monoisotopic (exact) mass is 392 g/mol. The van der Waals surface area contributed by atoms with E-state index in [0.29, 0.717) is 12.3 Å². The predicted molar refractivity (Wildman–Crippen MR) is 103 cm³/mol. The molecule has 1 saturated carbocycles. The Morgan fingerprint density at radius 1 is 1.37 bits per heavy atom. The van der Waals surface area contributed by atoms with Crippen LogP contribution in [0.2, 0.25) is 0 Å². The van der Waals surface area contributed by atoms with E-state index in [4.69, 9.17) is 5.73 Å². The number of likely N-dealkylation sites (N-methyl/N-ethyl adjacent to an activating group) is 1. The van der Waals surface area contributed by atoms with Crippen LogP contribution in [0.3, 0.4) is 0 Å². The molecule has 7 nitrogen and oxygen atoms in total. The second-order valence-electron chi connectivity index (χ2n) is 7.36. The molecule has 1 atom stereocenters. The molecule has 1 aromatic heterocycles. The molecule has 1 aliphatic heterocycles. The number of allylic oxidation sites excluding steroid dienone is 2. The molecule has 8 heteroatoms. The minimum Gasteiger partial charge on any atom is -0.370 e. The zero-order valence-corrected chi connectivity index (χ0v) is 16.8. The van der Waals surface area contributed by atoms with E-state index in [9.17, 15) is 13.2 Å². The van der Waals surface area contributed by atoms with Gasteiger partial charge in [-0.3, -0.25) is 4.79 Å². The summed E-state index contributed by atoms with van der Waals surface area (Å²) in [5.74, 6) is 0.0304. The highest BCUT2D eigenvalue weighted by Gasteiger charge is 2.44. The van der Waals surface area contributed by atoms with Crippen molar-refractivity contribution >= 4 is 15.7 Å². The average molecular weight is 393 g/mol. The van der Waals surface area contributed by atoms with Crippen LogP contribution in [0.25, 0.3) is 0 Å². The summed E-state index contributed by atoms with van der Waals surface area (Å²) in [7, 11) is -1.46. The second kappa shape index (κ2) is 7.50. The lowest BCUT2D eigenvalue weighted by atomic mass is 9.80. The summed E-state index contributed by atoms with van der Waals surface area (Å²) >= 11 is 0. The first-order chi connectivity index (χ1) is 12.8. The number of amides is 1. The number of nitrogens with zero attached hydrogens (tertiary/aromatic N) is 3. The van der Waals surface area contributed by atoms with Crippen LogP contribution in [-0.4, -0.2) is 41.6 Å². The first-order valence-electron chi connectivity index (χ1n) is 9.48. The summed E-state index contributed by atoms with van der Waals surface area (Å²) in [6.45, 7) is 1.61. The molecule has 27 heavy (non-hydrogen) atoms. The molecule has 0 saturated heterocycles. The highest BCUT2D eigenvalue weighted by Crippen LogP contribution is 2.46. The Bertz CT molecular complexity index is 865. The van der Waals surface area contributed by atoms with Gasteiger partial charge in [-0.15, -0.1) is 0 Å². The standard InChI is InChI=1S/C19H28N4O3S/c1-3-27(25,26)18-13-23(14-21-18)19(11-10-17(20)24)16(9-6-12-22(19)2)15-7-4-5-8-15/h6,9,12-15H,3-5,7-8,10-11H2,1-2H3,(H2,20,24)/t19-/m0/s1. The molecule has 148 valence electrons. The number of primary amides is 1. The van der Waals surface area contributed by atoms with Gasteiger partial charge in [-0.2, -0.15) is 0 Å². The van der Waals surface area contributed by atoms with Gasteiger partial charge in [0.05, 0.1) is 12.1 Å². The van der Waals surface area contributed by atoms with Gasteiger partial charge in [0.1, 0.15) is 5.66 Å². The Balaban J connectivity index is 2.12. The van der Waals surface area contributed by atoms with Crippen LogP contribution >= 0.6 is 0 Å². The maximum Gasteiger partial charge on any atom is 0.217 e. The maximum atomic E-state index is 12.3. The van der Waals surface area contributed by atoms with Crippen LogP contribution < -0.4 is 5.73 Å². The molecule has 1 aliphatic carbocycles. The van der Waals surface area contributed by atoms with E-state index in [0.717, 1.165) is 12.8 Å². The fourth-order valence-corrected chi connectivity index (χ4v) is 5.11. The quantitative estimate of drug-likeness (QED) is 0.767. The molecular weight excluding hydrogens is 364 g/mol. The fraction of sp³-hybridized carbons (Fsp3) is 0.579. The molecule has 1 aromatic rings. The van der Waals surface area contributed by atoms with Crippen LogP contribution in [0.1, 0.15) is 45.4 Å². The van der Waals surface area contributed by atoms with E-state index >= 15 is 0 Å². The highest BCUT2D eigenvalue weighted by molar-refractivity contribution is 7.91. The molecular formula is C19H28N4O3S. The van der Waals surface area contributed by atoms with Crippen molar-refractivity contribution in [3.8, 4) is 0 Å². The lowest BCUT2D eigenvalue weighted by Crippen LogP contribution is -2.50. The van der Waals surface area contributed by atoms with E-state index in [-0.39, 0.29) is 23.1 Å². The van der Waals surface area contributed by atoms with Crippen LogP contribution in [0.15, 0.2) is 41.5 Å². The smallest absolute Gasteiger partial charge is 0.217 e. The minimum atomic E-state index is -3.41. The van der Waals surface area contributed by atoms with E-state index in [1.807, 2.05) is 28.8 Å². The van der Waals surface area contributed by atoms with Gasteiger partial charge in [0.25, 0.3) is 0 Å². The molecule has 0 bridgehead atoms. The molecule has 0 aromatic carbocycles.